The van der Waals surface area contributed by atoms with Gasteiger partial charge in [0.2, 0.25) is 0 Å². The van der Waals surface area contributed by atoms with Crippen molar-refractivity contribution in [3.05, 3.63) is 58.7 Å². The Morgan fingerprint density at radius 3 is 1.58 bits per heavy atom. The van der Waals surface area contributed by atoms with Crippen molar-refractivity contribution in [2.45, 2.75) is 37.8 Å². The number of benzene rings is 2. The van der Waals surface area contributed by atoms with E-state index in [1.165, 1.54) is 12.8 Å². The van der Waals surface area contributed by atoms with Crippen LogP contribution in [-0.2, 0) is 0 Å². The van der Waals surface area contributed by atoms with Crippen LogP contribution in [0.4, 0.5) is 11.4 Å². The smallest absolute Gasteiger partial charge is 0.196 e. The highest BCUT2D eigenvalue weighted by Crippen LogP contribution is 2.36. The zero-order valence-electron chi connectivity index (χ0n) is 20.6. The predicted molar refractivity (Wildman–Crippen MR) is 147 cm³/mol. The topological polar surface area (TPSA) is 64.7 Å². The zero-order chi connectivity index (χ0) is 25.1. The molecule has 36 heavy (non-hydrogen) atoms. The number of rotatable bonds is 10. The molecule has 1 aliphatic carbocycles. The van der Waals surface area contributed by atoms with E-state index in [0.29, 0.717) is 70.6 Å². The number of carbonyl (C=O) groups is 2. The third kappa shape index (κ3) is 5.01. The quantitative estimate of drug-likeness (QED) is 0.372. The molecule has 0 spiro atoms. The first-order valence-electron chi connectivity index (χ1n) is 13.1. The fraction of sp³-hybridized carbons (Fsp3) is 0.500. The van der Waals surface area contributed by atoms with E-state index in [9.17, 15) is 9.59 Å². The molecule has 2 heterocycles. The van der Waals surface area contributed by atoms with Crippen molar-refractivity contribution in [3.8, 4) is 0 Å². The van der Waals surface area contributed by atoms with E-state index in [4.69, 9.17) is 23.2 Å². The summed E-state index contributed by atoms with van der Waals surface area (Å²) in [4.78, 5) is 32.1. The molecule has 2 N–H and O–H groups in total. The van der Waals surface area contributed by atoms with Crippen molar-refractivity contribution in [2.75, 3.05) is 61.7 Å². The van der Waals surface area contributed by atoms with Crippen molar-refractivity contribution in [1.82, 2.24) is 9.80 Å². The van der Waals surface area contributed by atoms with Gasteiger partial charge in [0.1, 0.15) is 0 Å². The Balaban J connectivity index is 1.37. The summed E-state index contributed by atoms with van der Waals surface area (Å²) in [5, 5.41) is 6.92. The summed E-state index contributed by atoms with van der Waals surface area (Å²) >= 11 is 12.3. The fourth-order valence-electron chi connectivity index (χ4n) is 5.91. The molecule has 192 valence electrons. The molecule has 2 saturated heterocycles. The van der Waals surface area contributed by atoms with Crippen LogP contribution < -0.4 is 10.6 Å². The number of ketones is 2. The van der Waals surface area contributed by atoms with Gasteiger partial charge in [-0.15, -0.1) is 23.2 Å². The highest BCUT2D eigenvalue weighted by atomic mass is 35.5. The lowest BCUT2D eigenvalue weighted by atomic mass is 9.82. The molecule has 8 heteroatoms. The third-order valence-corrected chi connectivity index (χ3v) is 8.57. The Bertz CT molecular complexity index is 1040. The lowest BCUT2D eigenvalue weighted by Gasteiger charge is -2.26. The molecule has 6 nitrogen and oxygen atoms in total. The van der Waals surface area contributed by atoms with Gasteiger partial charge in [-0.2, -0.15) is 0 Å². The molecule has 2 aromatic carbocycles. The second kappa shape index (κ2) is 11.5. The van der Waals surface area contributed by atoms with E-state index in [2.05, 4.69) is 20.4 Å². The van der Waals surface area contributed by atoms with E-state index < -0.39 is 0 Å². The Labute approximate surface area is 223 Å². The van der Waals surface area contributed by atoms with Crippen LogP contribution in [0.2, 0.25) is 0 Å². The highest BCUT2D eigenvalue weighted by Gasteiger charge is 2.34. The van der Waals surface area contributed by atoms with Gasteiger partial charge in [-0.05, 0) is 50.9 Å². The zero-order valence-corrected chi connectivity index (χ0v) is 22.1. The van der Waals surface area contributed by atoms with Crippen LogP contribution in [0.1, 0.15) is 57.5 Å². The molecule has 2 aromatic rings. The van der Waals surface area contributed by atoms with Gasteiger partial charge in [0.15, 0.2) is 11.6 Å². The van der Waals surface area contributed by atoms with Crippen LogP contribution in [-0.4, -0.2) is 84.5 Å². The van der Waals surface area contributed by atoms with E-state index in [0.717, 1.165) is 39.0 Å². The molecule has 0 saturated carbocycles. The summed E-state index contributed by atoms with van der Waals surface area (Å²) in [7, 11) is 0. The van der Waals surface area contributed by atoms with E-state index in [-0.39, 0.29) is 11.6 Å². The lowest BCUT2D eigenvalue weighted by molar-refractivity contribution is 0.0980. The number of halogens is 2. The number of nitrogens with one attached hydrogen (secondary N) is 2. The van der Waals surface area contributed by atoms with Gasteiger partial charge in [-0.1, -0.05) is 24.3 Å². The van der Waals surface area contributed by atoms with Gasteiger partial charge in [-0.25, -0.2) is 0 Å². The Morgan fingerprint density at radius 1 is 0.722 bits per heavy atom. The van der Waals surface area contributed by atoms with Gasteiger partial charge < -0.3 is 10.6 Å². The first-order valence-corrected chi connectivity index (χ1v) is 14.1. The van der Waals surface area contributed by atoms with Crippen LogP contribution in [0.5, 0.6) is 0 Å². The molecular formula is C28H34Cl2N4O2. The second-order valence-electron chi connectivity index (χ2n) is 9.94. The summed E-state index contributed by atoms with van der Waals surface area (Å²) < 4.78 is 0. The van der Waals surface area contributed by atoms with Gasteiger partial charge in [0, 0.05) is 72.5 Å². The Hall–Kier alpha value is -2.12. The number of hydrogen-bond acceptors (Lipinski definition) is 6. The monoisotopic (exact) mass is 528 g/mol. The first kappa shape index (κ1) is 25.5. The van der Waals surface area contributed by atoms with Crippen molar-refractivity contribution in [1.29, 1.82) is 0 Å². The molecule has 2 unspecified atom stereocenters. The lowest BCUT2D eigenvalue weighted by Crippen LogP contribution is -2.35. The number of fused-ring (bicyclic) bond motifs is 2. The minimum absolute atomic E-state index is 0.104. The summed E-state index contributed by atoms with van der Waals surface area (Å²) in [6.07, 6.45) is 4.60. The highest BCUT2D eigenvalue weighted by molar-refractivity contribution is 6.31. The number of carbonyl (C=O) groups excluding carboxylic acids is 2. The van der Waals surface area contributed by atoms with Crippen LogP contribution in [0.25, 0.3) is 0 Å². The maximum Gasteiger partial charge on any atom is 0.196 e. The largest absolute Gasteiger partial charge is 0.383 e. The van der Waals surface area contributed by atoms with Gasteiger partial charge in [0.05, 0.1) is 11.1 Å². The average molecular weight is 530 g/mol. The molecule has 0 bridgehead atoms. The molecule has 0 radical (unpaired) electrons. The molecule has 2 atom stereocenters. The number of alkyl halides is 2. The molecule has 3 aliphatic rings. The predicted octanol–water partition coefficient (Wildman–Crippen LogP) is 4.69. The minimum Gasteiger partial charge on any atom is -0.383 e. The van der Waals surface area contributed by atoms with Crippen LogP contribution in [0.15, 0.2) is 36.4 Å². The van der Waals surface area contributed by atoms with Gasteiger partial charge in [-0.3, -0.25) is 19.4 Å². The summed E-state index contributed by atoms with van der Waals surface area (Å²) in [6.45, 7) is 5.17. The van der Waals surface area contributed by atoms with Crippen LogP contribution in [0, 0.1) is 0 Å². The number of nitrogens with zero attached hydrogens (tertiary/aromatic N) is 2. The fourth-order valence-corrected chi connectivity index (χ4v) is 6.61. The van der Waals surface area contributed by atoms with Crippen molar-refractivity contribution in [2.24, 2.45) is 0 Å². The van der Waals surface area contributed by atoms with Crippen molar-refractivity contribution in [3.63, 3.8) is 0 Å². The Kier molecular flexibility index (Phi) is 8.16. The van der Waals surface area contributed by atoms with Crippen molar-refractivity contribution < 1.29 is 9.59 Å². The first-order chi connectivity index (χ1) is 17.6. The van der Waals surface area contributed by atoms with E-state index >= 15 is 0 Å². The minimum atomic E-state index is -0.104. The number of likely N-dealkylation sites (tertiary alicyclic amines) is 2. The third-order valence-electron chi connectivity index (χ3n) is 7.86. The summed E-state index contributed by atoms with van der Waals surface area (Å²) in [5.41, 5.74) is 3.31. The molecule has 0 aromatic heterocycles. The van der Waals surface area contributed by atoms with Crippen LogP contribution >= 0.6 is 23.2 Å². The molecule has 0 amide bonds. The Morgan fingerprint density at radius 2 is 1.17 bits per heavy atom. The molecule has 5 rings (SSSR count). The van der Waals surface area contributed by atoms with Crippen LogP contribution in [0.3, 0.4) is 0 Å². The second-order valence-corrected chi connectivity index (χ2v) is 10.6. The number of anilines is 2. The van der Waals surface area contributed by atoms with E-state index in [1.54, 1.807) is 12.1 Å². The molecule has 2 aliphatic heterocycles. The van der Waals surface area contributed by atoms with Gasteiger partial charge >= 0.3 is 0 Å². The normalized spacial score (nSPS) is 22.1. The average Bonchev–Trinajstić information content (AvgIpc) is 3.56. The molecular weight excluding hydrogens is 495 g/mol. The standard InChI is InChI=1S/C28H34Cl2N4O2/c29-17-19-5-3-13-33(19)15-11-31-23-9-10-24(32-12-16-34-14-4-6-20(34)18-30)26-25(23)27(35)21-7-1-2-8-22(21)28(26)36/h1-2,7-10,19-20,31-32H,3-6,11-18H2. The maximum atomic E-state index is 13.6. The number of hydrogen-bond donors (Lipinski definition) is 2. The van der Waals surface area contributed by atoms with E-state index in [1.807, 2.05) is 24.3 Å². The molecule has 2 fully saturated rings. The SMILES string of the molecule is O=C1c2ccccc2C(=O)c2c(NCCN3CCCC3CCl)ccc(NCCN3CCCC3CCl)c21. The maximum absolute atomic E-state index is 13.6. The van der Waals surface area contributed by atoms with Crippen molar-refractivity contribution >= 4 is 46.1 Å². The van der Waals surface area contributed by atoms with Gasteiger partial charge in [0.25, 0.3) is 0 Å². The summed E-state index contributed by atoms with van der Waals surface area (Å²) in [6, 6.07) is 11.8. The summed E-state index contributed by atoms with van der Waals surface area (Å²) in [5.74, 6) is 1.08.